The van der Waals surface area contributed by atoms with Gasteiger partial charge in [0.1, 0.15) is 5.75 Å². The van der Waals surface area contributed by atoms with E-state index in [1.807, 2.05) is 48.5 Å². The number of nitrogens with zero attached hydrogens (tertiary/aromatic N) is 2. The van der Waals surface area contributed by atoms with Crippen LogP contribution in [0.1, 0.15) is 28.5 Å². The van der Waals surface area contributed by atoms with Crippen molar-refractivity contribution in [1.29, 1.82) is 0 Å². The van der Waals surface area contributed by atoms with Gasteiger partial charge in [-0.1, -0.05) is 31.2 Å². The smallest absolute Gasteiger partial charge is 0.275 e. The Hall–Kier alpha value is -3.35. The fraction of sp³-hybridized carbons (Fsp3) is 0.211. The van der Waals surface area contributed by atoms with Gasteiger partial charge in [-0.3, -0.25) is 4.79 Å². The number of aryl methyl sites for hydroxylation is 1. The van der Waals surface area contributed by atoms with E-state index in [9.17, 15) is 4.79 Å². The fourth-order valence-corrected chi connectivity index (χ4v) is 2.49. The first-order chi connectivity index (χ1) is 12.7. The molecule has 1 aromatic heterocycles. The van der Waals surface area contributed by atoms with Crippen LogP contribution in [-0.2, 0) is 13.0 Å². The van der Waals surface area contributed by atoms with Crippen LogP contribution in [-0.4, -0.2) is 28.4 Å². The van der Waals surface area contributed by atoms with Gasteiger partial charge in [0.15, 0.2) is 11.5 Å². The molecule has 0 unspecified atom stereocenters. The summed E-state index contributed by atoms with van der Waals surface area (Å²) in [7, 11) is 1.61. The van der Waals surface area contributed by atoms with E-state index in [-0.39, 0.29) is 11.6 Å². The Balaban J connectivity index is 1.65. The van der Waals surface area contributed by atoms with Gasteiger partial charge >= 0.3 is 0 Å². The largest absolute Gasteiger partial charge is 0.497 e. The average molecular weight is 351 g/mol. The molecule has 134 valence electrons. The van der Waals surface area contributed by atoms with Gasteiger partial charge in [-0.2, -0.15) is 5.21 Å². The van der Waals surface area contributed by atoms with Crippen molar-refractivity contribution in [3.05, 3.63) is 65.4 Å². The summed E-state index contributed by atoms with van der Waals surface area (Å²) in [6, 6.07) is 15.5. The number of hydrogen-bond acceptors (Lipinski definition) is 5. The summed E-state index contributed by atoms with van der Waals surface area (Å²) < 4.78 is 5.19. The lowest BCUT2D eigenvalue weighted by atomic mass is 10.1. The Morgan fingerprint density at radius 1 is 1.12 bits per heavy atom. The molecule has 7 heteroatoms. The van der Waals surface area contributed by atoms with Gasteiger partial charge in [0.05, 0.1) is 7.11 Å². The van der Waals surface area contributed by atoms with Crippen molar-refractivity contribution in [1.82, 2.24) is 20.7 Å². The number of nitrogens with one attached hydrogen (secondary N) is 3. The van der Waals surface area contributed by atoms with Crippen molar-refractivity contribution in [2.75, 3.05) is 12.4 Å². The number of carbonyl (C=O) groups excluding carboxylic acids is 1. The molecule has 0 atom stereocenters. The minimum atomic E-state index is -0.311. The second-order valence-electron chi connectivity index (χ2n) is 5.73. The summed E-state index contributed by atoms with van der Waals surface area (Å²) >= 11 is 0. The van der Waals surface area contributed by atoms with E-state index in [1.165, 1.54) is 5.56 Å². The van der Waals surface area contributed by atoms with Crippen molar-refractivity contribution < 1.29 is 9.53 Å². The van der Waals surface area contributed by atoms with Crippen molar-refractivity contribution in [3.63, 3.8) is 0 Å². The Labute approximate surface area is 151 Å². The Bertz CT molecular complexity index is 874. The summed E-state index contributed by atoms with van der Waals surface area (Å²) in [6.45, 7) is 2.47. The SMILES string of the molecule is CCc1ccc(Nc2n[nH]nc2C(=O)NCc2cccc(OC)c2)cc1. The molecule has 3 N–H and O–H groups in total. The third kappa shape index (κ3) is 4.18. The maximum atomic E-state index is 12.4. The van der Waals surface area contributed by atoms with Gasteiger partial charge in [-0.05, 0) is 41.8 Å². The highest BCUT2D eigenvalue weighted by Gasteiger charge is 2.16. The molecule has 1 amide bonds. The van der Waals surface area contributed by atoms with Crippen molar-refractivity contribution in [2.45, 2.75) is 19.9 Å². The van der Waals surface area contributed by atoms with Gasteiger partial charge in [0.25, 0.3) is 5.91 Å². The van der Waals surface area contributed by atoms with Crippen molar-refractivity contribution in [3.8, 4) is 5.75 Å². The van der Waals surface area contributed by atoms with Crippen LogP contribution in [0.4, 0.5) is 11.5 Å². The Kier molecular flexibility index (Phi) is 5.48. The average Bonchev–Trinajstić information content (AvgIpc) is 3.15. The van der Waals surface area contributed by atoms with Crippen molar-refractivity contribution >= 4 is 17.4 Å². The standard InChI is InChI=1S/C19H21N5O2/c1-3-13-7-9-15(10-8-13)21-18-17(22-24-23-18)19(25)20-12-14-5-4-6-16(11-14)26-2/h4-11H,3,12H2,1-2H3,(H,20,25)(H2,21,22,23,24). The molecule has 0 bridgehead atoms. The second-order valence-corrected chi connectivity index (χ2v) is 5.73. The summed E-state index contributed by atoms with van der Waals surface area (Å²) in [5.41, 5.74) is 3.24. The molecule has 0 spiro atoms. The Morgan fingerprint density at radius 3 is 2.65 bits per heavy atom. The lowest BCUT2D eigenvalue weighted by Crippen LogP contribution is -2.24. The molecule has 3 aromatic rings. The summed E-state index contributed by atoms with van der Waals surface area (Å²) in [5, 5.41) is 16.4. The van der Waals surface area contributed by atoms with Gasteiger partial charge in [-0.15, -0.1) is 10.2 Å². The third-order valence-corrected chi connectivity index (χ3v) is 3.98. The third-order valence-electron chi connectivity index (χ3n) is 3.98. The first kappa shape index (κ1) is 17.5. The zero-order valence-electron chi connectivity index (χ0n) is 14.7. The van der Waals surface area contributed by atoms with Gasteiger partial charge in [0, 0.05) is 12.2 Å². The summed E-state index contributed by atoms with van der Waals surface area (Å²) in [4.78, 5) is 12.4. The van der Waals surface area contributed by atoms with Gasteiger partial charge in [-0.25, -0.2) is 0 Å². The molecule has 0 aliphatic heterocycles. The highest BCUT2D eigenvalue weighted by molar-refractivity contribution is 5.97. The van der Waals surface area contributed by atoms with Crippen molar-refractivity contribution in [2.24, 2.45) is 0 Å². The number of benzene rings is 2. The minimum absolute atomic E-state index is 0.215. The number of aromatic amines is 1. The maximum absolute atomic E-state index is 12.4. The number of methoxy groups -OCH3 is 1. The molecule has 2 aromatic carbocycles. The molecule has 0 aliphatic carbocycles. The monoisotopic (exact) mass is 351 g/mol. The van der Waals surface area contributed by atoms with E-state index < -0.39 is 0 Å². The number of aromatic nitrogens is 3. The van der Waals surface area contributed by atoms with Crippen LogP contribution in [0.2, 0.25) is 0 Å². The quantitative estimate of drug-likeness (QED) is 0.608. The molecule has 1 heterocycles. The van der Waals surface area contributed by atoms with Crippen LogP contribution < -0.4 is 15.4 Å². The predicted octanol–water partition coefficient (Wildman–Crippen LogP) is 3.05. The van der Waals surface area contributed by atoms with Crippen LogP contribution in [0, 0.1) is 0 Å². The first-order valence-electron chi connectivity index (χ1n) is 8.37. The molecule has 0 fully saturated rings. The highest BCUT2D eigenvalue weighted by Crippen LogP contribution is 2.18. The molecule has 26 heavy (non-hydrogen) atoms. The van der Waals surface area contributed by atoms with Gasteiger partial charge in [0.2, 0.25) is 0 Å². The number of hydrogen-bond donors (Lipinski definition) is 3. The first-order valence-corrected chi connectivity index (χ1v) is 8.37. The lowest BCUT2D eigenvalue weighted by molar-refractivity contribution is 0.0946. The van der Waals surface area contributed by atoms with Crippen LogP contribution >= 0.6 is 0 Å². The van der Waals surface area contributed by atoms with E-state index in [1.54, 1.807) is 7.11 Å². The fourth-order valence-electron chi connectivity index (χ4n) is 2.49. The number of carbonyl (C=O) groups is 1. The summed E-state index contributed by atoms with van der Waals surface area (Å²) in [6.07, 6.45) is 0.974. The molecular weight excluding hydrogens is 330 g/mol. The van der Waals surface area contributed by atoms with E-state index in [0.29, 0.717) is 12.4 Å². The molecule has 0 saturated heterocycles. The second kappa shape index (κ2) is 8.15. The van der Waals surface area contributed by atoms with Crippen LogP contribution in [0.3, 0.4) is 0 Å². The molecule has 3 rings (SSSR count). The van der Waals surface area contributed by atoms with E-state index in [4.69, 9.17) is 4.74 Å². The molecule has 0 saturated carbocycles. The zero-order valence-corrected chi connectivity index (χ0v) is 14.7. The molecular formula is C19H21N5O2. The van der Waals surface area contributed by atoms with Crippen LogP contribution in [0.15, 0.2) is 48.5 Å². The van der Waals surface area contributed by atoms with E-state index in [2.05, 4.69) is 33.0 Å². The van der Waals surface area contributed by atoms with E-state index in [0.717, 1.165) is 23.4 Å². The number of amides is 1. The molecule has 0 aliphatic rings. The lowest BCUT2D eigenvalue weighted by Gasteiger charge is -2.08. The number of rotatable bonds is 7. The molecule has 7 nitrogen and oxygen atoms in total. The van der Waals surface area contributed by atoms with Crippen LogP contribution in [0.5, 0.6) is 5.75 Å². The number of H-pyrrole nitrogens is 1. The normalized spacial score (nSPS) is 10.4. The van der Waals surface area contributed by atoms with E-state index >= 15 is 0 Å². The minimum Gasteiger partial charge on any atom is -0.497 e. The Morgan fingerprint density at radius 2 is 1.92 bits per heavy atom. The topological polar surface area (TPSA) is 91.9 Å². The number of anilines is 2. The maximum Gasteiger partial charge on any atom is 0.275 e. The van der Waals surface area contributed by atoms with Gasteiger partial charge < -0.3 is 15.4 Å². The van der Waals surface area contributed by atoms with Crippen LogP contribution in [0.25, 0.3) is 0 Å². The predicted molar refractivity (Wildman–Crippen MR) is 99.6 cm³/mol. The highest BCUT2D eigenvalue weighted by atomic mass is 16.5. The number of ether oxygens (including phenoxy) is 1. The molecule has 0 radical (unpaired) electrons. The zero-order chi connectivity index (χ0) is 18.4. The summed E-state index contributed by atoms with van der Waals surface area (Å²) in [5.74, 6) is 0.822.